The SMILES string of the molecule is CCOCCN(CCOCC)c1nccc(/C(N)=N/O)n1. The predicted molar refractivity (Wildman–Crippen MR) is 79.7 cm³/mol. The maximum Gasteiger partial charge on any atom is 0.226 e. The lowest BCUT2D eigenvalue weighted by atomic mass is 10.4. The van der Waals surface area contributed by atoms with Gasteiger partial charge in [0.25, 0.3) is 0 Å². The molecule has 21 heavy (non-hydrogen) atoms. The van der Waals surface area contributed by atoms with Gasteiger partial charge in [-0.05, 0) is 19.9 Å². The number of hydrogen-bond donors (Lipinski definition) is 2. The van der Waals surface area contributed by atoms with Crippen molar-refractivity contribution in [3.05, 3.63) is 18.0 Å². The molecule has 0 amide bonds. The molecule has 8 heteroatoms. The molecule has 0 saturated carbocycles. The van der Waals surface area contributed by atoms with Crippen LogP contribution in [0, 0.1) is 0 Å². The molecule has 0 aliphatic carbocycles. The van der Waals surface area contributed by atoms with Crippen molar-refractivity contribution in [3.63, 3.8) is 0 Å². The largest absolute Gasteiger partial charge is 0.409 e. The van der Waals surface area contributed by atoms with E-state index in [-0.39, 0.29) is 5.84 Å². The van der Waals surface area contributed by atoms with Gasteiger partial charge in [0, 0.05) is 32.5 Å². The lowest BCUT2D eigenvalue weighted by Crippen LogP contribution is -2.33. The second kappa shape index (κ2) is 9.89. The van der Waals surface area contributed by atoms with E-state index in [4.69, 9.17) is 20.4 Å². The maximum absolute atomic E-state index is 8.71. The van der Waals surface area contributed by atoms with Gasteiger partial charge in [-0.1, -0.05) is 5.16 Å². The highest BCUT2D eigenvalue weighted by Crippen LogP contribution is 2.07. The zero-order valence-electron chi connectivity index (χ0n) is 12.5. The third-order valence-corrected chi connectivity index (χ3v) is 2.72. The molecule has 0 aromatic carbocycles. The molecule has 0 aliphatic heterocycles. The molecule has 0 atom stereocenters. The van der Waals surface area contributed by atoms with Crippen molar-refractivity contribution < 1.29 is 14.7 Å². The number of amidine groups is 1. The first-order valence-corrected chi connectivity index (χ1v) is 6.94. The minimum atomic E-state index is -0.0479. The van der Waals surface area contributed by atoms with Gasteiger partial charge in [0.1, 0.15) is 5.69 Å². The molecule has 1 rings (SSSR count). The highest BCUT2D eigenvalue weighted by atomic mass is 16.5. The second-order valence-corrected chi connectivity index (χ2v) is 4.11. The molecular formula is C13H23N5O3. The Balaban J connectivity index is 2.79. The zero-order valence-corrected chi connectivity index (χ0v) is 12.5. The standard InChI is InChI=1S/C13H23N5O3/c1-3-20-9-7-18(8-10-21-4-2)13-15-6-5-11(16-13)12(14)17-19/h5-6,19H,3-4,7-10H2,1-2H3,(H2,14,17). The number of oxime groups is 1. The molecule has 0 bridgehead atoms. The van der Waals surface area contributed by atoms with Crippen molar-refractivity contribution in [2.75, 3.05) is 44.4 Å². The summed E-state index contributed by atoms with van der Waals surface area (Å²) < 4.78 is 10.7. The zero-order chi connectivity index (χ0) is 15.5. The minimum absolute atomic E-state index is 0.0479. The summed E-state index contributed by atoms with van der Waals surface area (Å²) in [7, 11) is 0. The van der Waals surface area contributed by atoms with Crippen LogP contribution in [0.3, 0.4) is 0 Å². The fourth-order valence-electron chi connectivity index (χ4n) is 1.64. The number of nitrogens with two attached hydrogens (primary N) is 1. The third kappa shape index (κ3) is 5.92. The minimum Gasteiger partial charge on any atom is -0.409 e. The maximum atomic E-state index is 8.71. The van der Waals surface area contributed by atoms with Crippen LogP contribution in [0.4, 0.5) is 5.95 Å². The van der Waals surface area contributed by atoms with E-state index < -0.39 is 0 Å². The van der Waals surface area contributed by atoms with E-state index in [1.165, 1.54) is 0 Å². The van der Waals surface area contributed by atoms with Gasteiger partial charge < -0.3 is 25.3 Å². The smallest absolute Gasteiger partial charge is 0.226 e. The monoisotopic (exact) mass is 297 g/mol. The van der Waals surface area contributed by atoms with Crippen molar-refractivity contribution in [2.45, 2.75) is 13.8 Å². The predicted octanol–water partition coefficient (Wildman–Crippen LogP) is 0.451. The van der Waals surface area contributed by atoms with Gasteiger partial charge in [0.05, 0.1) is 13.2 Å². The van der Waals surface area contributed by atoms with E-state index in [9.17, 15) is 0 Å². The highest BCUT2D eigenvalue weighted by molar-refractivity contribution is 5.95. The summed E-state index contributed by atoms with van der Waals surface area (Å²) in [5.74, 6) is 0.451. The Morgan fingerprint density at radius 3 is 2.43 bits per heavy atom. The lowest BCUT2D eigenvalue weighted by molar-refractivity contribution is 0.141. The van der Waals surface area contributed by atoms with Crippen LogP contribution >= 0.6 is 0 Å². The van der Waals surface area contributed by atoms with Gasteiger partial charge in [0.15, 0.2) is 5.84 Å². The molecule has 1 aromatic heterocycles. The Hall–Kier alpha value is -1.93. The quantitative estimate of drug-likeness (QED) is 0.212. The molecule has 3 N–H and O–H groups in total. The Labute approximate surface area is 124 Å². The Morgan fingerprint density at radius 1 is 1.29 bits per heavy atom. The van der Waals surface area contributed by atoms with Crippen molar-refractivity contribution in [2.24, 2.45) is 10.9 Å². The number of hydrogen-bond acceptors (Lipinski definition) is 7. The summed E-state index contributed by atoms with van der Waals surface area (Å²) in [5.41, 5.74) is 5.92. The summed E-state index contributed by atoms with van der Waals surface area (Å²) in [4.78, 5) is 10.5. The van der Waals surface area contributed by atoms with E-state index in [1.54, 1.807) is 12.3 Å². The van der Waals surface area contributed by atoms with Crippen LogP contribution in [-0.4, -0.2) is 60.5 Å². The Kier molecular flexibility index (Phi) is 8.07. The molecule has 1 heterocycles. The number of rotatable bonds is 10. The second-order valence-electron chi connectivity index (χ2n) is 4.11. The van der Waals surface area contributed by atoms with Crippen LogP contribution in [-0.2, 0) is 9.47 Å². The molecule has 0 spiro atoms. The van der Waals surface area contributed by atoms with Crippen LogP contribution in [0.5, 0.6) is 0 Å². The van der Waals surface area contributed by atoms with Gasteiger partial charge in [0.2, 0.25) is 5.95 Å². The summed E-state index contributed by atoms with van der Waals surface area (Å²) in [6.45, 7) is 7.62. The Bertz CT molecular complexity index is 432. The first kappa shape index (κ1) is 17.1. The van der Waals surface area contributed by atoms with Crippen molar-refractivity contribution in [1.29, 1.82) is 0 Å². The number of aromatic nitrogens is 2. The molecule has 0 aliphatic rings. The first-order chi connectivity index (χ1) is 10.2. The van der Waals surface area contributed by atoms with E-state index in [0.717, 1.165) is 0 Å². The summed E-state index contributed by atoms with van der Waals surface area (Å²) >= 11 is 0. The van der Waals surface area contributed by atoms with E-state index in [1.807, 2.05) is 18.7 Å². The molecule has 1 aromatic rings. The van der Waals surface area contributed by atoms with E-state index in [2.05, 4.69) is 15.1 Å². The third-order valence-electron chi connectivity index (χ3n) is 2.72. The molecule has 0 fully saturated rings. The van der Waals surface area contributed by atoms with Crippen molar-refractivity contribution in [3.8, 4) is 0 Å². The molecule has 0 unspecified atom stereocenters. The molecular weight excluding hydrogens is 274 g/mol. The van der Waals surface area contributed by atoms with Crippen molar-refractivity contribution in [1.82, 2.24) is 9.97 Å². The topological polar surface area (TPSA) is 106 Å². The number of nitrogens with zero attached hydrogens (tertiary/aromatic N) is 4. The van der Waals surface area contributed by atoms with Gasteiger partial charge in [-0.3, -0.25) is 0 Å². The van der Waals surface area contributed by atoms with E-state index >= 15 is 0 Å². The van der Waals surface area contributed by atoms with Gasteiger partial charge >= 0.3 is 0 Å². The normalized spacial score (nSPS) is 11.6. The average molecular weight is 297 g/mol. The van der Waals surface area contributed by atoms with Gasteiger partial charge in [-0.2, -0.15) is 0 Å². The van der Waals surface area contributed by atoms with Crippen molar-refractivity contribution >= 4 is 11.8 Å². The first-order valence-electron chi connectivity index (χ1n) is 6.94. The van der Waals surface area contributed by atoms with Crippen LogP contribution < -0.4 is 10.6 Å². The molecule has 118 valence electrons. The van der Waals surface area contributed by atoms with Crippen LogP contribution in [0.15, 0.2) is 17.4 Å². The molecule has 0 radical (unpaired) electrons. The van der Waals surface area contributed by atoms with Crippen LogP contribution in [0.1, 0.15) is 19.5 Å². The average Bonchev–Trinajstić information content (AvgIpc) is 2.53. The molecule has 0 saturated heterocycles. The van der Waals surface area contributed by atoms with Gasteiger partial charge in [-0.15, -0.1) is 0 Å². The van der Waals surface area contributed by atoms with Gasteiger partial charge in [-0.25, -0.2) is 9.97 Å². The number of ether oxygens (including phenoxy) is 2. The lowest BCUT2D eigenvalue weighted by Gasteiger charge is -2.22. The fourth-order valence-corrected chi connectivity index (χ4v) is 1.64. The summed E-state index contributed by atoms with van der Waals surface area (Å²) in [6, 6.07) is 1.59. The number of anilines is 1. The van der Waals surface area contributed by atoms with Crippen LogP contribution in [0.25, 0.3) is 0 Å². The Morgan fingerprint density at radius 2 is 1.90 bits per heavy atom. The van der Waals surface area contributed by atoms with Crippen LogP contribution in [0.2, 0.25) is 0 Å². The summed E-state index contributed by atoms with van der Waals surface area (Å²) in [5, 5.41) is 11.7. The van der Waals surface area contributed by atoms with E-state index in [0.29, 0.717) is 51.2 Å². The fraction of sp³-hybridized carbons (Fsp3) is 0.615. The summed E-state index contributed by atoms with van der Waals surface area (Å²) in [6.07, 6.45) is 1.57. The highest BCUT2D eigenvalue weighted by Gasteiger charge is 2.11. The molecule has 8 nitrogen and oxygen atoms in total.